The van der Waals surface area contributed by atoms with Crippen LogP contribution in [0.4, 0.5) is 5.82 Å². The highest BCUT2D eigenvalue weighted by Crippen LogP contribution is 2.29. The van der Waals surface area contributed by atoms with Gasteiger partial charge in [0.2, 0.25) is 0 Å². The second kappa shape index (κ2) is 9.03. The highest BCUT2D eigenvalue weighted by Gasteiger charge is 2.12. The number of hydrogen-bond donors (Lipinski definition) is 2. The van der Waals surface area contributed by atoms with Gasteiger partial charge in [0.15, 0.2) is 5.65 Å². The number of carbonyl (C=O) groups excluding carboxylic acids is 1. The molecule has 0 bridgehead atoms. The van der Waals surface area contributed by atoms with Crippen molar-refractivity contribution in [2.24, 2.45) is 5.73 Å². The number of rotatable bonds is 7. The van der Waals surface area contributed by atoms with Gasteiger partial charge in [0.1, 0.15) is 11.6 Å². The van der Waals surface area contributed by atoms with Crippen molar-refractivity contribution in [3.8, 4) is 28.1 Å². The highest BCUT2D eigenvalue weighted by molar-refractivity contribution is 5.96. The van der Waals surface area contributed by atoms with Gasteiger partial charge in [0.05, 0.1) is 24.6 Å². The molecule has 0 aliphatic carbocycles. The first kappa shape index (κ1) is 21.1. The van der Waals surface area contributed by atoms with Gasteiger partial charge in [0, 0.05) is 36.6 Å². The van der Waals surface area contributed by atoms with Crippen molar-refractivity contribution in [3.63, 3.8) is 0 Å². The average Bonchev–Trinajstić information content (AvgIpc) is 3.36. The number of ether oxygens (including phenoxy) is 1. The number of nitrogens with one attached hydrogen (secondary N) is 1. The summed E-state index contributed by atoms with van der Waals surface area (Å²) >= 11 is 0. The molecular weight excluding hydrogens is 428 g/mol. The van der Waals surface area contributed by atoms with Crippen LogP contribution in [0.1, 0.15) is 15.9 Å². The first-order valence-corrected chi connectivity index (χ1v) is 10.7. The van der Waals surface area contributed by atoms with E-state index in [2.05, 4.69) is 15.4 Å². The van der Waals surface area contributed by atoms with E-state index in [-0.39, 0.29) is 0 Å². The Hall–Kier alpha value is -4.72. The van der Waals surface area contributed by atoms with Gasteiger partial charge in [-0.25, -0.2) is 4.98 Å². The van der Waals surface area contributed by atoms with Crippen LogP contribution in [0.2, 0.25) is 0 Å². The minimum atomic E-state index is -0.520. The van der Waals surface area contributed by atoms with E-state index >= 15 is 0 Å². The van der Waals surface area contributed by atoms with Crippen LogP contribution in [-0.4, -0.2) is 32.6 Å². The van der Waals surface area contributed by atoms with Crippen LogP contribution in [0, 0.1) is 0 Å². The van der Waals surface area contributed by atoms with Crippen molar-refractivity contribution in [2.45, 2.75) is 6.54 Å². The summed E-state index contributed by atoms with van der Waals surface area (Å²) in [4.78, 5) is 20.5. The third-order valence-corrected chi connectivity index (χ3v) is 5.54. The Morgan fingerprint density at radius 1 is 1.00 bits per heavy atom. The summed E-state index contributed by atoms with van der Waals surface area (Å²) in [6, 6.07) is 21.2. The molecule has 0 saturated heterocycles. The Balaban J connectivity index is 1.45. The molecule has 8 heteroatoms. The number of nitrogens with zero attached hydrogens (tertiary/aromatic N) is 4. The van der Waals surface area contributed by atoms with E-state index < -0.39 is 5.91 Å². The third-order valence-electron chi connectivity index (χ3n) is 5.54. The molecule has 8 nitrogen and oxygen atoms in total. The van der Waals surface area contributed by atoms with Gasteiger partial charge in [-0.15, -0.1) is 0 Å². The zero-order valence-corrected chi connectivity index (χ0v) is 18.5. The Bertz CT molecular complexity index is 1460. The number of hydrogen-bond acceptors (Lipinski definition) is 6. The number of aromatic nitrogens is 4. The smallest absolute Gasteiger partial charge is 0.252 e. The SMILES string of the molecule is COc1cc(-c2ccc(-c3cc(NCc4cccnc4)n4nccc4n3)cc2)ccc1C(N)=O. The fraction of sp³-hybridized carbons (Fsp3) is 0.0769. The summed E-state index contributed by atoms with van der Waals surface area (Å²) in [7, 11) is 1.52. The van der Waals surface area contributed by atoms with Gasteiger partial charge in [-0.05, 0) is 34.9 Å². The van der Waals surface area contributed by atoms with Crippen molar-refractivity contribution in [1.29, 1.82) is 0 Å². The minimum Gasteiger partial charge on any atom is -0.496 e. The molecule has 168 valence electrons. The predicted octanol–water partition coefficient (Wildman–Crippen LogP) is 4.18. The minimum absolute atomic E-state index is 0.354. The second-order valence-electron chi connectivity index (χ2n) is 7.70. The zero-order valence-electron chi connectivity index (χ0n) is 18.5. The molecule has 34 heavy (non-hydrogen) atoms. The third kappa shape index (κ3) is 4.16. The number of anilines is 1. The van der Waals surface area contributed by atoms with E-state index in [4.69, 9.17) is 15.5 Å². The molecule has 5 aromatic rings. The summed E-state index contributed by atoms with van der Waals surface area (Å²) < 4.78 is 7.11. The van der Waals surface area contributed by atoms with Crippen LogP contribution >= 0.6 is 0 Å². The molecule has 0 aliphatic heterocycles. The second-order valence-corrected chi connectivity index (χ2v) is 7.70. The number of primary amides is 1. The van der Waals surface area contributed by atoms with E-state index in [1.54, 1.807) is 23.0 Å². The lowest BCUT2D eigenvalue weighted by atomic mass is 10.0. The lowest BCUT2D eigenvalue weighted by Crippen LogP contribution is -2.12. The molecule has 1 amide bonds. The molecule has 2 aromatic carbocycles. The normalized spacial score (nSPS) is 10.9. The van der Waals surface area contributed by atoms with Gasteiger partial charge in [-0.2, -0.15) is 9.61 Å². The maximum Gasteiger partial charge on any atom is 0.252 e. The molecule has 5 rings (SSSR count). The van der Waals surface area contributed by atoms with Crippen LogP contribution in [-0.2, 0) is 6.54 Å². The largest absolute Gasteiger partial charge is 0.496 e. The number of carbonyl (C=O) groups is 1. The molecule has 3 heterocycles. The van der Waals surface area contributed by atoms with E-state index in [9.17, 15) is 4.79 Å². The lowest BCUT2D eigenvalue weighted by Gasteiger charge is -2.12. The maximum atomic E-state index is 11.6. The molecule has 3 aromatic heterocycles. The monoisotopic (exact) mass is 450 g/mol. The fourth-order valence-electron chi connectivity index (χ4n) is 3.79. The quantitative estimate of drug-likeness (QED) is 0.385. The fourth-order valence-corrected chi connectivity index (χ4v) is 3.79. The molecule has 0 aliphatic rings. The Morgan fingerprint density at radius 3 is 2.53 bits per heavy atom. The summed E-state index contributed by atoms with van der Waals surface area (Å²) in [6.07, 6.45) is 5.32. The Morgan fingerprint density at radius 2 is 1.79 bits per heavy atom. The number of fused-ring (bicyclic) bond motifs is 1. The van der Waals surface area contributed by atoms with E-state index in [0.29, 0.717) is 17.9 Å². The molecule has 3 N–H and O–H groups in total. The number of nitrogens with two attached hydrogens (primary N) is 1. The predicted molar refractivity (Wildman–Crippen MR) is 130 cm³/mol. The van der Waals surface area contributed by atoms with Gasteiger partial charge >= 0.3 is 0 Å². The van der Waals surface area contributed by atoms with Crippen LogP contribution in [0.25, 0.3) is 28.0 Å². The van der Waals surface area contributed by atoms with Crippen molar-refractivity contribution in [3.05, 3.63) is 96.4 Å². The van der Waals surface area contributed by atoms with E-state index in [0.717, 1.165) is 39.4 Å². The molecule has 0 unspecified atom stereocenters. The molecule has 0 saturated carbocycles. The summed E-state index contributed by atoms with van der Waals surface area (Å²) in [5.74, 6) is 0.768. The van der Waals surface area contributed by atoms with Gasteiger partial charge in [-0.1, -0.05) is 36.4 Å². The number of methoxy groups -OCH3 is 1. The van der Waals surface area contributed by atoms with Crippen molar-refractivity contribution < 1.29 is 9.53 Å². The lowest BCUT2D eigenvalue weighted by molar-refractivity contribution is 0.0997. The first-order valence-electron chi connectivity index (χ1n) is 10.7. The summed E-state index contributed by atoms with van der Waals surface area (Å²) in [5, 5.41) is 7.82. The van der Waals surface area contributed by atoms with Crippen LogP contribution in [0.15, 0.2) is 85.3 Å². The molecular formula is C26H22N6O2. The standard InChI is InChI=1S/C26H22N6O2/c1-34-23-13-20(8-9-21(23)26(27)33)18-4-6-19(7-5-18)22-14-25(32-24(31-22)10-12-30-32)29-16-17-3-2-11-28-15-17/h2-15,29H,16H2,1H3,(H2,27,33). The van der Waals surface area contributed by atoms with Gasteiger partial charge in [-0.3, -0.25) is 9.78 Å². The molecule has 0 fully saturated rings. The first-order chi connectivity index (χ1) is 16.6. The summed E-state index contributed by atoms with van der Waals surface area (Å²) in [6.45, 7) is 0.619. The van der Waals surface area contributed by atoms with Crippen LogP contribution in [0.5, 0.6) is 5.75 Å². The Labute approximate surface area is 196 Å². The topological polar surface area (TPSA) is 107 Å². The van der Waals surface area contributed by atoms with E-state index in [1.165, 1.54) is 7.11 Å². The van der Waals surface area contributed by atoms with Crippen molar-refractivity contribution in [1.82, 2.24) is 19.6 Å². The number of amides is 1. The average molecular weight is 451 g/mol. The molecule has 0 atom stereocenters. The highest BCUT2D eigenvalue weighted by atomic mass is 16.5. The summed E-state index contributed by atoms with van der Waals surface area (Å²) in [5.41, 5.74) is 11.3. The van der Waals surface area contributed by atoms with Crippen LogP contribution in [0.3, 0.4) is 0 Å². The maximum absolute atomic E-state index is 11.6. The van der Waals surface area contributed by atoms with Gasteiger partial charge in [0.25, 0.3) is 5.91 Å². The van der Waals surface area contributed by atoms with Crippen molar-refractivity contribution >= 4 is 17.4 Å². The van der Waals surface area contributed by atoms with Crippen molar-refractivity contribution in [2.75, 3.05) is 12.4 Å². The van der Waals surface area contributed by atoms with E-state index in [1.807, 2.05) is 66.9 Å². The molecule has 0 radical (unpaired) electrons. The van der Waals surface area contributed by atoms with Gasteiger partial charge < -0.3 is 15.8 Å². The number of benzene rings is 2. The Kier molecular flexibility index (Phi) is 5.61. The number of pyridine rings is 1. The molecule has 0 spiro atoms. The zero-order chi connectivity index (χ0) is 23.5. The van der Waals surface area contributed by atoms with Crippen LogP contribution < -0.4 is 15.8 Å².